The first-order valence-corrected chi connectivity index (χ1v) is 7.88. The molecule has 1 unspecified atom stereocenters. The Morgan fingerprint density at radius 1 is 1.59 bits per heavy atom. The van der Waals surface area contributed by atoms with Gasteiger partial charge in [0, 0.05) is 5.82 Å². The molecule has 1 aromatic heterocycles. The average Bonchev–Trinajstić information content (AvgIpc) is 3.05. The second-order valence-electron chi connectivity index (χ2n) is 4.66. The molecule has 0 bridgehead atoms. The Bertz CT molecular complexity index is 619. The molecule has 22 heavy (non-hydrogen) atoms. The molecule has 1 aromatic rings. The van der Waals surface area contributed by atoms with Crippen molar-refractivity contribution in [3.8, 4) is 0 Å². The number of ether oxygens (including phenoxy) is 1. The molecular formula is C11H17N4O6P. The molecule has 0 saturated carbocycles. The summed E-state index contributed by atoms with van der Waals surface area (Å²) in [5.74, 6) is 0.926. The van der Waals surface area contributed by atoms with Gasteiger partial charge in [0.2, 0.25) is 0 Å². The molecule has 5 atom stereocenters. The molecule has 11 heteroatoms. The van der Waals surface area contributed by atoms with E-state index in [1.165, 1.54) is 11.0 Å². The summed E-state index contributed by atoms with van der Waals surface area (Å²) in [5.41, 5.74) is 5.59. The molecule has 10 nitrogen and oxygen atoms in total. The average molecular weight is 332 g/mol. The summed E-state index contributed by atoms with van der Waals surface area (Å²) < 4.78 is 22.6. The second kappa shape index (κ2) is 6.29. The first-order valence-electron chi connectivity index (χ1n) is 6.23. The normalized spacial score (nSPS) is 30.9. The zero-order valence-electron chi connectivity index (χ0n) is 11.5. The Morgan fingerprint density at radius 3 is 2.82 bits per heavy atom. The van der Waals surface area contributed by atoms with E-state index >= 15 is 0 Å². The van der Waals surface area contributed by atoms with Crippen LogP contribution in [0, 0.1) is 0 Å². The van der Waals surface area contributed by atoms with Gasteiger partial charge in [-0.2, -0.15) is 0 Å². The third kappa shape index (κ3) is 3.43. The fourth-order valence-electron chi connectivity index (χ4n) is 1.86. The van der Waals surface area contributed by atoms with Crippen LogP contribution in [-0.2, 0) is 13.8 Å². The van der Waals surface area contributed by atoms with E-state index in [0.29, 0.717) is 0 Å². The molecule has 1 aliphatic heterocycles. The quantitative estimate of drug-likeness (QED) is 0.489. The van der Waals surface area contributed by atoms with Crippen molar-refractivity contribution in [2.45, 2.75) is 24.5 Å². The van der Waals surface area contributed by atoms with Gasteiger partial charge in [0.15, 0.2) is 12.1 Å². The molecular weight excluding hydrogens is 315 g/mol. The smallest absolute Gasteiger partial charge is 0.351 e. The van der Waals surface area contributed by atoms with Crippen LogP contribution in [0.3, 0.4) is 0 Å². The van der Waals surface area contributed by atoms with Crippen LogP contribution in [0.2, 0.25) is 0 Å². The first kappa shape index (κ1) is 16.8. The highest BCUT2D eigenvalue weighted by Crippen LogP contribution is 2.43. The fourth-order valence-corrected chi connectivity index (χ4v) is 2.33. The minimum absolute atomic E-state index is 0.138. The molecule has 1 saturated heterocycles. The van der Waals surface area contributed by atoms with Crippen molar-refractivity contribution in [3.63, 3.8) is 0 Å². The van der Waals surface area contributed by atoms with E-state index < -0.39 is 38.7 Å². The highest BCUT2D eigenvalue weighted by atomic mass is 31.2. The minimum atomic E-state index is -3.94. The highest BCUT2D eigenvalue weighted by molar-refractivity contribution is 7.56. The van der Waals surface area contributed by atoms with Crippen LogP contribution in [-0.4, -0.2) is 54.8 Å². The number of hydrogen-bond donors (Lipinski definition) is 4. The van der Waals surface area contributed by atoms with Gasteiger partial charge >= 0.3 is 7.60 Å². The molecule has 5 N–H and O–H groups in total. The van der Waals surface area contributed by atoms with E-state index in [0.717, 1.165) is 5.82 Å². The molecule has 1 fully saturated rings. The van der Waals surface area contributed by atoms with Crippen LogP contribution in [0.15, 0.2) is 25.3 Å². The zero-order chi connectivity index (χ0) is 16.5. The minimum Gasteiger partial charge on any atom is -0.396 e. The molecule has 1 aliphatic rings. The Kier molecular flexibility index (Phi) is 4.81. The SMILES string of the molecule is C=CP(=O)(O)OC[C@H]1O[C@@H](n2cnc(C(=C)N)n2)[C@H](O)[C@@H]1O. The van der Waals surface area contributed by atoms with E-state index in [1.54, 1.807) is 0 Å². The van der Waals surface area contributed by atoms with Gasteiger partial charge in [-0.1, -0.05) is 13.2 Å². The molecule has 0 aromatic carbocycles. The largest absolute Gasteiger partial charge is 0.396 e. The van der Waals surface area contributed by atoms with Gasteiger partial charge in [0.1, 0.15) is 24.6 Å². The van der Waals surface area contributed by atoms with Gasteiger partial charge in [-0.15, -0.1) is 5.10 Å². The lowest BCUT2D eigenvalue weighted by Crippen LogP contribution is -2.33. The van der Waals surface area contributed by atoms with E-state index in [9.17, 15) is 19.7 Å². The monoisotopic (exact) mass is 332 g/mol. The van der Waals surface area contributed by atoms with Crippen molar-refractivity contribution in [2.24, 2.45) is 5.73 Å². The van der Waals surface area contributed by atoms with Gasteiger partial charge < -0.3 is 30.1 Å². The van der Waals surface area contributed by atoms with Crippen LogP contribution in [0.1, 0.15) is 12.1 Å². The van der Waals surface area contributed by atoms with E-state index in [1.807, 2.05) is 0 Å². The molecule has 0 aliphatic carbocycles. The summed E-state index contributed by atoms with van der Waals surface area (Å²) in [6.07, 6.45) is -3.45. The van der Waals surface area contributed by atoms with Crippen molar-refractivity contribution < 1.29 is 28.9 Å². The van der Waals surface area contributed by atoms with E-state index in [-0.39, 0.29) is 11.5 Å². The van der Waals surface area contributed by atoms with Crippen molar-refractivity contribution in [1.82, 2.24) is 14.8 Å². The van der Waals surface area contributed by atoms with Crippen LogP contribution in [0.5, 0.6) is 0 Å². The summed E-state index contributed by atoms with van der Waals surface area (Å²) >= 11 is 0. The highest BCUT2D eigenvalue weighted by Gasteiger charge is 2.45. The maximum absolute atomic E-state index is 11.3. The first-order chi connectivity index (χ1) is 10.2. The van der Waals surface area contributed by atoms with Gasteiger partial charge in [-0.25, -0.2) is 9.67 Å². The standard InChI is InChI=1S/C11H17N4O6P/c1-3-22(18,19)20-4-7-8(16)9(17)11(21-7)15-5-13-10(14-15)6(2)12/h3,5,7-9,11,16-17H,1-2,4,12H2,(H,18,19)/t7-,8-,9-,11-/m1/s1. The van der Waals surface area contributed by atoms with Crippen LogP contribution >= 0.6 is 7.60 Å². The van der Waals surface area contributed by atoms with Crippen molar-refractivity contribution in [2.75, 3.05) is 6.61 Å². The number of aliphatic hydroxyl groups is 2. The van der Waals surface area contributed by atoms with Gasteiger partial charge in [0.05, 0.1) is 12.3 Å². The lowest BCUT2D eigenvalue weighted by atomic mass is 10.1. The summed E-state index contributed by atoms with van der Waals surface area (Å²) in [6.45, 7) is 6.24. The Balaban J connectivity index is 2.07. The maximum atomic E-state index is 11.3. The van der Waals surface area contributed by atoms with E-state index in [2.05, 4.69) is 23.2 Å². The summed E-state index contributed by atoms with van der Waals surface area (Å²) in [5, 5.41) is 23.9. The van der Waals surface area contributed by atoms with Crippen LogP contribution in [0.4, 0.5) is 0 Å². The number of nitrogens with two attached hydrogens (primary N) is 1. The van der Waals surface area contributed by atoms with Crippen molar-refractivity contribution in [3.05, 3.63) is 31.1 Å². The lowest BCUT2D eigenvalue weighted by molar-refractivity contribution is -0.0562. The van der Waals surface area contributed by atoms with Crippen molar-refractivity contribution in [1.29, 1.82) is 0 Å². The molecule has 2 rings (SSSR count). The predicted octanol–water partition coefficient (Wildman–Crippen LogP) is -0.828. The van der Waals surface area contributed by atoms with Crippen LogP contribution in [0.25, 0.3) is 5.70 Å². The van der Waals surface area contributed by atoms with E-state index in [4.69, 9.17) is 15.0 Å². The zero-order valence-corrected chi connectivity index (χ0v) is 12.4. The summed E-state index contributed by atoms with van der Waals surface area (Å²) in [4.78, 5) is 13.1. The number of nitrogens with zero attached hydrogens (tertiary/aromatic N) is 3. The molecule has 0 radical (unpaired) electrons. The lowest BCUT2D eigenvalue weighted by Gasteiger charge is -2.15. The Morgan fingerprint density at radius 2 is 2.27 bits per heavy atom. The maximum Gasteiger partial charge on any atom is 0.351 e. The predicted molar refractivity (Wildman–Crippen MR) is 75.1 cm³/mol. The summed E-state index contributed by atoms with van der Waals surface area (Å²) in [6, 6.07) is 0. The van der Waals surface area contributed by atoms with Gasteiger partial charge in [0.25, 0.3) is 0 Å². The third-order valence-corrected chi connectivity index (χ3v) is 4.03. The fraction of sp³-hybridized carbons (Fsp3) is 0.455. The molecule has 0 spiro atoms. The van der Waals surface area contributed by atoms with Crippen molar-refractivity contribution >= 4 is 13.3 Å². The number of aromatic nitrogens is 3. The summed E-state index contributed by atoms with van der Waals surface area (Å²) in [7, 11) is -3.94. The Hall–Kier alpha value is -1.55. The number of hydrogen-bond acceptors (Lipinski definition) is 8. The number of rotatable bonds is 6. The molecule has 122 valence electrons. The number of aliphatic hydroxyl groups excluding tert-OH is 2. The third-order valence-electron chi connectivity index (χ3n) is 3.05. The molecule has 2 heterocycles. The van der Waals surface area contributed by atoms with Gasteiger partial charge in [-0.05, 0) is 0 Å². The second-order valence-corrected chi connectivity index (χ2v) is 6.41. The topological polar surface area (TPSA) is 153 Å². The van der Waals surface area contributed by atoms with Gasteiger partial charge in [-0.3, -0.25) is 4.57 Å². The molecule has 0 amide bonds. The Labute approximate surface area is 126 Å². The van der Waals surface area contributed by atoms with Crippen LogP contribution < -0.4 is 5.73 Å².